The molecular formula is C89H116N12O10. The summed E-state index contributed by atoms with van der Waals surface area (Å²) in [7, 11) is 3.84. The van der Waals surface area contributed by atoms with Crippen molar-refractivity contribution in [1.82, 2.24) is 44.5 Å². The van der Waals surface area contributed by atoms with Crippen LogP contribution in [0.3, 0.4) is 0 Å². The monoisotopic (exact) mass is 1510 g/mol. The first-order valence-electron chi connectivity index (χ1n) is 41.3. The Morgan fingerprint density at radius 1 is 0.586 bits per heavy atom. The minimum atomic E-state index is -1.73. The third kappa shape index (κ3) is 11.0. The van der Waals surface area contributed by atoms with Crippen LogP contribution >= 0.6 is 0 Å². The van der Waals surface area contributed by atoms with Crippen LogP contribution in [0.5, 0.6) is 0 Å². The summed E-state index contributed by atoms with van der Waals surface area (Å²) in [4.78, 5) is 103. The fraction of sp³-hybridized carbons (Fsp3) is 0.708. The van der Waals surface area contributed by atoms with Crippen molar-refractivity contribution < 1.29 is 48.5 Å². The van der Waals surface area contributed by atoms with Gasteiger partial charge in [0.2, 0.25) is 5.82 Å². The summed E-state index contributed by atoms with van der Waals surface area (Å²) in [5.41, 5.74) is -0.317. The number of rotatable bonds is 18. The number of nitrogens with zero attached hydrogens (tertiary/aromatic N) is 12. The van der Waals surface area contributed by atoms with E-state index in [0.717, 1.165) is 113 Å². The van der Waals surface area contributed by atoms with Crippen LogP contribution in [-0.2, 0) is 71.6 Å². The van der Waals surface area contributed by atoms with E-state index >= 15 is 0 Å². The van der Waals surface area contributed by atoms with E-state index < -0.39 is 69.0 Å². The zero-order valence-corrected chi connectivity index (χ0v) is 68.9. The van der Waals surface area contributed by atoms with Gasteiger partial charge < -0.3 is 28.8 Å². The van der Waals surface area contributed by atoms with Crippen LogP contribution in [-0.4, -0.2) is 114 Å². The number of ether oxygens (including phenoxy) is 2. The average Bonchev–Trinajstić information content (AvgIpc) is 0.916. The van der Waals surface area contributed by atoms with E-state index in [1.54, 1.807) is 26.0 Å². The Balaban J connectivity index is 0.633. The van der Waals surface area contributed by atoms with E-state index in [9.17, 15) is 49.5 Å². The number of hydrogen-bond donors (Lipinski definition) is 2. The Morgan fingerprint density at radius 2 is 1.11 bits per heavy atom. The van der Waals surface area contributed by atoms with Gasteiger partial charge in [-0.3, -0.25) is 33.8 Å². The molecule has 4 aromatic heterocycles. The molecule has 11 aliphatic rings. The topological polar surface area (TPSA) is 321 Å². The molecule has 8 saturated carbocycles. The summed E-state index contributed by atoms with van der Waals surface area (Å²) in [6.07, 6.45) is 19.2. The van der Waals surface area contributed by atoms with Gasteiger partial charge in [-0.05, 0) is 228 Å². The molecule has 1 unspecified atom stereocenters. The predicted octanol–water partition coefficient (Wildman–Crippen LogP) is 15.5. The van der Waals surface area contributed by atoms with Gasteiger partial charge in [-0.25, -0.2) is 15.0 Å². The highest BCUT2D eigenvalue weighted by Crippen LogP contribution is 2.81. The highest BCUT2D eigenvalue weighted by molar-refractivity contribution is 6.01. The largest absolute Gasteiger partial charge is 0.481 e. The number of hydrogen-bond acceptors (Lipinski definition) is 18. The number of ketones is 2. The minimum Gasteiger partial charge on any atom is -0.481 e. The molecule has 0 saturated heterocycles. The first-order chi connectivity index (χ1) is 52.0. The summed E-state index contributed by atoms with van der Waals surface area (Å²) in [5.74, 6) is 1.29. The lowest BCUT2D eigenvalue weighted by atomic mass is 9.30. The lowest BCUT2D eigenvalue weighted by molar-refractivity contribution is -0.238. The molecule has 0 amide bonds. The van der Waals surface area contributed by atoms with Crippen LogP contribution in [0.1, 0.15) is 268 Å². The van der Waals surface area contributed by atoms with Crippen molar-refractivity contribution in [1.29, 1.82) is 10.5 Å². The minimum absolute atomic E-state index is 0.0197. The average molecular weight is 1510 g/mol. The molecule has 111 heavy (non-hydrogen) atoms. The van der Waals surface area contributed by atoms with Crippen molar-refractivity contribution in [2.75, 3.05) is 0 Å². The number of carboxylic acids is 2. The highest BCUT2D eigenvalue weighted by Gasteiger charge is 2.78. The molecule has 5 heterocycles. The van der Waals surface area contributed by atoms with Gasteiger partial charge in [0.05, 0.1) is 51.4 Å². The van der Waals surface area contributed by atoms with Crippen molar-refractivity contribution in [3.05, 3.63) is 75.3 Å². The number of aliphatic carboxylic acids is 2. The Hall–Kier alpha value is -8.14. The number of carbonyl (C=O) groups excluding carboxylic acids is 4. The Kier molecular flexibility index (Phi) is 18.3. The van der Waals surface area contributed by atoms with Gasteiger partial charge in [-0.1, -0.05) is 94.2 Å². The molecule has 22 nitrogen and oxygen atoms in total. The maximum atomic E-state index is 14.8. The molecule has 4 aromatic rings. The van der Waals surface area contributed by atoms with E-state index in [4.69, 9.17) is 34.7 Å². The third-order valence-corrected chi connectivity index (χ3v) is 34.1. The molecule has 1 spiro atoms. The number of Topliss-reactive ketones (excluding diaryl/α,β-unsaturated/α-hetero) is 2. The second kappa shape index (κ2) is 25.9. The number of esters is 2. The second-order valence-corrected chi connectivity index (χ2v) is 40.7. The van der Waals surface area contributed by atoms with Gasteiger partial charge in [0.25, 0.3) is 0 Å². The first kappa shape index (κ1) is 78.1. The molecule has 10 aliphatic carbocycles. The van der Waals surface area contributed by atoms with Crippen molar-refractivity contribution in [2.24, 2.45) is 125 Å². The SMILES string of the molecule is CC(C)C1=C2[C@H]3CC[C@@H]4[C@@]5(C)CC[C@H](OC(=O)CC(C)(C)C(=O)O)C(C)(C)[C@@H]5CC[C@@]4(C)[C@]3(C)CC[C@@]2(Cc2nnc(-c3ccc(C#N)c(CC(C)(CC(=O)O[C@H]4CC[C@]5(C)[C@H]6CC[C@@H]7C8=C(C(C)C)C(=O)C[C@]8(Cc8nnc(-c9ncc(C#N)cn9)n8C)CC[C@@]7(C)[C@]6(C)CC[C@]56N=C[C@]46C)C(=O)O)n3)n2C)CC1=O. The Labute approximate surface area is 654 Å². The van der Waals surface area contributed by atoms with Crippen LogP contribution in [0, 0.1) is 129 Å². The number of carbonyl (C=O) groups is 6. The number of aliphatic imine (C=N–C) groups is 1. The van der Waals surface area contributed by atoms with Crippen LogP contribution in [0.2, 0.25) is 0 Å². The molecule has 8 fully saturated rings. The number of pyridine rings is 1. The summed E-state index contributed by atoms with van der Waals surface area (Å²) < 4.78 is 16.8. The molecule has 18 atom stereocenters. The standard InChI is InChI=1S/C89H116N12O10/c1-49(2)68-57(102)38-87(34-31-81(11)53(70(68)87)20-23-60-80(10)28-26-62(110-66(104)42-77(5,6)75(106)107)78(7,8)59(80)25-29-83(60,81)13)40-64-96-98-73(100(64)17)55-22-19-52(45-91)56(95-55)37-79(9,76(108)109)43-67(105)111-63-27-30-85(15)61-24-21-54-71-69(50(3)4)58(103)39-88(71,41-65-97-99-74(101(65)18)72-92-46-51(44-90)47-93-72)35-32-82(54,12)84(61,14)33-36-89(85)86(63,16)48-94-89/h19,22,46-50,53-54,59-63H,20-21,23-43H2,1-18H3,(H,106,107)(H,108,109)/t53-,54-,59+,60-,61+,62+,63+,79?,80+,81-,82-,83-,84-,85-,86-,87+,88+,89+/m1/s1. The maximum Gasteiger partial charge on any atom is 0.310 e. The van der Waals surface area contributed by atoms with E-state index in [-0.39, 0.29) is 115 Å². The van der Waals surface area contributed by atoms with Crippen molar-refractivity contribution in [3.8, 4) is 35.3 Å². The molecule has 15 rings (SSSR count). The molecule has 592 valence electrons. The molecular weight excluding hydrogens is 1400 g/mol. The fourth-order valence-corrected chi connectivity index (χ4v) is 27.7. The van der Waals surface area contributed by atoms with Crippen LogP contribution in [0.15, 0.2) is 51.8 Å². The summed E-state index contributed by atoms with van der Waals surface area (Å²) in [6.45, 7) is 35.1. The quantitative estimate of drug-likeness (QED) is 0.0874. The zero-order chi connectivity index (χ0) is 80.1. The molecule has 0 radical (unpaired) electrons. The Morgan fingerprint density at radius 3 is 1.65 bits per heavy atom. The van der Waals surface area contributed by atoms with Crippen LogP contribution in [0.25, 0.3) is 23.2 Å². The van der Waals surface area contributed by atoms with E-state index in [2.05, 4.69) is 117 Å². The highest BCUT2D eigenvalue weighted by atomic mass is 16.5. The molecule has 1 aliphatic heterocycles. The van der Waals surface area contributed by atoms with Gasteiger partial charge in [-0.15, -0.1) is 20.4 Å². The van der Waals surface area contributed by atoms with Crippen molar-refractivity contribution >= 4 is 41.7 Å². The summed E-state index contributed by atoms with van der Waals surface area (Å²) in [5, 5.41) is 60.1. The number of fused-ring (bicyclic) bond motifs is 13. The van der Waals surface area contributed by atoms with Gasteiger partial charge >= 0.3 is 23.9 Å². The van der Waals surface area contributed by atoms with Crippen LogP contribution in [0.4, 0.5) is 0 Å². The van der Waals surface area contributed by atoms with E-state index in [1.807, 2.05) is 29.4 Å². The van der Waals surface area contributed by atoms with Crippen LogP contribution < -0.4 is 0 Å². The molecule has 22 heteroatoms. The number of carboxylic acid groups (broad SMARTS) is 2. The first-order valence-corrected chi connectivity index (χ1v) is 41.3. The number of allylic oxidation sites excluding steroid dienone is 4. The fourth-order valence-electron chi connectivity index (χ4n) is 27.7. The summed E-state index contributed by atoms with van der Waals surface area (Å²) in [6, 6.07) is 7.69. The van der Waals surface area contributed by atoms with Gasteiger partial charge in [-0.2, -0.15) is 10.5 Å². The second-order valence-electron chi connectivity index (χ2n) is 40.7. The maximum absolute atomic E-state index is 14.8. The molecule has 0 bridgehead atoms. The summed E-state index contributed by atoms with van der Waals surface area (Å²) >= 11 is 0. The van der Waals surface area contributed by atoms with Crippen molar-refractivity contribution in [2.45, 2.75) is 276 Å². The van der Waals surface area contributed by atoms with Gasteiger partial charge in [0.15, 0.2) is 23.2 Å². The molecule has 0 aromatic carbocycles. The predicted molar refractivity (Wildman–Crippen MR) is 414 cm³/mol. The number of aromatic nitrogens is 9. The van der Waals surface area contributed by atoms with E-state index in [0.29, 0.717) is 72.6 Å². The smallest absolute Gasteiger partial charge is 0.310 e. The lowest BCUT2D eigenvalue weighted by Gasteiger charge is -2.76. The zero-order valence-electron chi connectivity index (χ0n) is 68.9. The third-order valence-electron chi connectivity index (χ3n) is 34.1. The van der Waals surface area contributed by atoms with E-state index in [1.165, 1.54) is 30.5 Å². The normalized spacial score (nSPS) is 37.5. The number of nitriles is 2. The Bertz CT molecular complexity index is 4800. The van der Waals surface area contributed by atoms with Gasteiger partial charge in [0, 0.05) is 81.1 Å². The van der Waals surface area contributed by atoms with Crippen molar-refractivity contribution in [3.63, 3.8) is 0 Å². The molecule has 2 N–H and O–H groups in total. The van der Waals surface area contributed by atoms with Gasteiger partial charge in [0.1, 0.15) is 41.7 Å². The lowest BCUT2D eigenvalue weighted by Crippen LogP contribution is -2.77.